The van der Waals surface area contributed by atoms with E-state index in [2.05, 4.69) is 6.92 Å². The summed E-state index contributed by atoms with van der Waals surface area (Å²) in [4.78, 5) is 0. The second kappa shape index (κ2) is 6.42. The van der Waals surface area contributed by atoms with Crippen LogP contribution in [0.5, 0.6) is 0 Å². The fourth-order valence-electron chi connectivity index (χ4n) is 3.00. The van der Waals surface area contributed by atoms with Crippen LogP contribution < -0.4 is 0 Å². The highest BCUT2D eigenvalue weighted by atomic mass is 35.5. The van der Waals surface area contributed by atoms with Gasteiger partial charge in [-0.25, -0.2) is 4.39 Å². The molecule has 1 aromatic rings. The Balaban J connectivity index is 2.09. The molecule has 1 unspecified atom stereocenters. The number of halogens is 2. The first kappa shape index (κ1) is 15.7. The third-order valence-electron chi connectivity index (χ3n) is 4.55. The van der Waals surface area contributed by atoms with E-state index in [4.69, 9.17) is 16.3 Å². The number of methoxy groups -OCH3 is 1. The molecular formula is C16H22ClFO2. The van der Waals surface area contributed by atoms with Crippen LogP contribution in [0.15, 0.2) is 18.2 Å². The van der Waals surface area contributed by atoms with Crippen LogP contribution in [0.2, 0.25) is 5.02 Å². The largest absolute Gasteiger partial charge is 0.390 e. The zero-order valence-electron chi connectivity index (χ0n) is 12.0. The molecule has 1 atom stereocenters. The first-order valence-corrected chi connectivity index (χ1v) is 7.52. The minimum absolute atomic E-state index is 0.108. The van der Waals surface area contributed by atoms with Crippen LogP contribution in [0.1, 0.15) is 38.2 Å². The van der Waals surface area contributed by atoms with Crippen LogP contribution in [-0.2, 0) is 11.2 Å². The predicted octanol–water partition coefficient (Wildman–Crippen LogP) is 3.98. The van der Waals surface area contributed by atoms with Crippen molar-refractivity contribution in [3.8, 4) is 0 Å². The van der Waals surface area contributed by atoms with E-state index < -0.39 is 17.5 Å². The first-order valence-electron chi connectivity index (χ1n) is 7.14. The van der Waals surface area contributed by atoms with Crippen molar-refractivity contribution in [2.45, 2.75) is 50.7 Å². The van der Waals surface area contributed by atoms with Gasteiger partial charge in [0.25, 0.3) is 0 Å². The molecule has 1 fully saturated rings. The van der Waals surface area contributed by atoms with E-state index in [9.17, 15) is 9.50 Å². The van der Waals surface area contributed by atoms with E-state index in [1.165, 1.54) is 12.1 Å². The molecule has 0 radical (unpaired) electrons. The van der Waals surface area contributed by atoms with Gasteiger partial charge < -0.3 is 9.84 Å². The molecule has 1 aliphatic carbocycles. The minimum Gasteiger partial charge on any atom is -0.390 e. The smallest absolute Gasteiger partial charge is 0.142 e. The summed E-state index contributed by atoms with van der Waals surface area (Å²) >= 11 is 5.67. The minimum atomic E-state index is -0.624. The second-order valence-electron chi connectivity index (χ2n) is 5.92. The Morgan fingerprint density at radius 3 is 2.65 bits per heavy atom. The van der Waals surface area contributed by atoms with Crippen LogP contribution in [-0.4, -0.2) is 23.9 Å². The van der Waals surface area contributed by atoms with Gasteiger partial charge in [-0.1, -0.05) is 24.6 Å². The summed E-state index contributed by atoms with van der Waals surface area (Å²) in [6.07, 6.45) is 3.57. The van der Waals surface area contributed by atoms with Crippen LogP contribution in [0.3, 0.4) is 0 Å². The molecule has 2 rings (SSSR count). The summed E-state index contributed by atoms with van der Waals surface area (Å²) in [6, 6.07) is 4.67. The lowest BCUT2D eigenvalue weighted by Crippen LogP contribution is -2.47. The van der Waals surface area contributed by atoms with Gasteiger partial charge in [0.15, 0.2) is 0 Å². The standard InChI is InChI=1S/C16H22ClFO2/c1-11-5-7-16(20-2,8-6-11)15(19)10-12-3-4-13(17)14(18)9-12/h3-4,9,11,15,19H,5-8,10H2,1-2H3. The van der Waals surface area contributed by atoms with Crippen LogP contribution in [0, 0.1) is 11.7 Å². The Morgan fingerprint density at radius 1 is 1.45 bits per heavy atom. The molecule has 0 heterocycles. The van der Waals surface area contributed by atoms with E-state index in [1.807, 2.05) is 0 Å². The topological polar surface area (TPSA) is 29.5 Å². The van der Waals surface area contributed by atoms with Crippen LogP contribution in [0.25, 0.3) is 0 Å². The molecule has 2 nitrogen and oxygen atoms in total. The van der Waals surface area contributed by atoms with E-state index in [-0.39, 0.29) is 5.02 Å². The highest BCUT2D eigenvalue weighted by Gasteiger charge is 2.40. The van der Waals surface area contributed by atoms with Crippen molar-refractivity contribution < 1.29 is 14.2 Å². The molecular weight excluding hydrogens is 279 g/mol. The zero-order valence-corrected chi connectivity index (χ0v) is 12.8. The number of benzene rings is 1. The molecule has 0 saturated heterocycles. The number of aliphatic hydroxyl groups is 1. The van der Waals surface area contributed by atoms with E-state index >= 15 is 0 Å². The lowest BCUT2D eigenvalue weighted by Gasteiger charge is -2.41. The van der Waals surface area contributed by atoms with Crippen molar-refractivity contribution in [2.24, 2.45) is 5.92 Å². The van der Waals surface area contributed by atoms with E-state index in [0.29, 0.717) is 12.3 Å². The van der Waals surface area contributed by atoms with Crippen LogP contribution >= 0.6 is 11.6 Å². The summed E-state index contributed by atoms with van der Waals surface area (Å²) in [5.74, 6) is 0.235. The van der Waals surface area contributed by atoms with Gasteiger partial charge in [-0.2, -0.15) is 0 Å². The summed E-state index contributed by atoms with van der Waals surface area (Å²) in [7, 11) is 1.65. The maximum Gasteiger partial charge on any atom is 0.142 e. The lowest BCUT2D eigenvalue weighted by atomic mass is 9.75. The molecule has 4 heteroatoms. The van der Waals surface area contributed by atoms with E-state index in [0.717, 1.165) is 31.2 Å². The van der Waals surface area contributed by atoms with Crippen molar-refractivity contribution >= 4 is 11.6 Å². The average molecular weight is 301 g/mol. The van der Waals surface area contributed by atoms with Crippen molar-refractivity contribution in [1.29, 1.82) is 0 Å². The highest BCUT2D eigenvalue weighted by Crippen LogP contribution is 2.37. The normalized spacial score (nSPS) is 28.4. The molecule has 20 heavy (non-hydrogen) atoms. The maximum absolute atomic E-state index is 13.5. The number of aliphatic hydroxyl groups excluding tert-OH is 1. The Kier molecular flexibility index (Phi) is 5.05. The highest BCUT2D eigenvalue weighted by molar-refractivity contribution is 6.30. The first-order chi connectivity index (χ1) is 9.47. The monoisotopic (exact) mass is 300 g/mol. The molecule has 1 saturated carbocycles. The maximum atomic E-state index is 13.5. The molecule has 0 amide bonds. The fraction of sp³-hybridized carbons (Fsp3) is 0.625. The average Bonchev–Trinajstić information content (AvgIpc) is 2.44. The molecule has 112 valence electrons. The Labute approximate surface area is 124 Å². The summed E-state index contributed by atoms with van der Waals surface area (Å²) in [5.41, 5.74) is 0.247. The summed E-state index contributed by atoms with van der Waals surface area (Å²) in [6.45, 7) is 2.22. The van der Waals surface area contributed by atoms with Crippen molar-refractivity contribution in [1.82, 2.24) is 0 Å². The van der Waals surface area contributed by atoms with Gasteiger partial charge in [0, 0.05) is 13.5 Å². The van der Waals surface area contributed by atoms with Crippen LogP contribution in [0.4, 0.5) is 4.39 Å². The second-order valence-corrected chi connectivity index (χ2v) is 6.33. The SMILES string of the molecule is COC1(C(O)Cc2ccc(Cl)c(F)c2)CCC(C)CC1. The molecule has 1 N–H and O–H groups in total. The number of ether oxygens (including phenoxy) is 1. The summed E-state index contributed by atoms with van der Waals surface area (Å²) in [5, 5.41) is 10.7. The van der Waals surface area contributed by atoms with E-state index in [1.54, 1.807) is 13.2 Å². The van der Waals surface area contributed by atoms with Gasteiger partial charge in [0.2, 0.25) is 0 Å². The van der Waals surface area contributed by atoms with Gasteiger partial charge >= 0.3 is 0 Å². The molecule has 0 spiro atoms. The Bertz CT molecular complexity index is 456. The third-order valence-corrected chi connectivity index (χ3v) is 4.85. The number of hydrogen-bond donors (Lipinski definition) is 1. The number of hydrogen-bond acceptors (Lipinski definition) is 2. The van der Waals surface area contributed by atoms with Gasteiger partial charge in [-0.05, 0) is 49.3 Å². The molecule has 0 aromatic heterocycles. The van der Waals surface area contributed by atoms with Gasteiger partial charge in [0.05, 0.1) is 16.7 Å². The van der Waals surface area contributed by atoms with Crippen molar-refractivity contribution in [2.75, 3.05) is 7.11 Å². The van der Waals surface area contributed by atoms with Gasteiger partial charge in [0.1, 0.15) is 5.82 Å². The molecule has 0 aliphatic heterocycles. The van der Waals surface area contributed by atoms with Gasteiger partial charge in [-0.3, -0.25) is 0 Å². The summed E-state index contributed by atoms with van der Waals surface area (Å²) < 4.78 is 19.1. The van der Waals surface area contributed by atoms with Gasteiger partial charge in [-0.15, -0.1) is 0 Å². The number of rotatable bonds is 4. The lowest BCUT2D eigenvalue weighted by molar-refractivity contribution is -0.127. The molecule has 0 bridgehead atoms. The molecule has 1 aromatic carbocycles. The van der Waals surface area contributed by atoms with Crippen molar-refractivity contribution in [3.05, 3.63) is 34.6 Å². The zero-order chi connectivity index (χ0) is 14.8. The predicted molar refractivity (Wildman–Crippen MR) is 78.5 cm³/mol. The Morgan fingerprint density at radius 2 is 2.10 bits per heavy atom. The van der Waals surface area contributed by atoms with Crippen molar-refractivity contribution in [3.63, 3.8) is 0 Å². The molecule has 1 aliphatic rings. The fourth-order valence-corrected chi connectivity index (χ4v) is 3.12. The quantitative estimate of drug-likeness (QED) is 0.911. The third kappa shape index (κ3) is 3.33. The Hall–Kier alpha value is -0.640.